The molecule has 0 saturated carbocycles. The summed E-state index contributed by atoms with van der Waals surface area (Å²) in [5.74, 6) is -0.196. The Balaban J connectivity index is 4.17. The van der Waals surface area contributed by atoms with Crippen LogP contribution in [-0.4, -0.2) is 68.5 Å². The molecule has 3 unspecified atom stereocenters. The summed E-state index contributed by atoms with van der Waals surface area (Å²) in [6, 6.07) is -0.888. The zero-order chi connectivity index (χ0) is 51.3. The first-order valence-corrected chi connectivity index (χ1v) is 31.8. The lowest BCUT2D eigenvalue weighted by Gasteiger charge is -2.29. The molecule has 0 aromatic heterocycles. The molecule has 0 heterocycles. The smallest absolute Gasteiger partial charge is 0.268 e. The van der Waals surface area contributed by atoms with Crippen molar-refractivity contribution in [3.05, 3.63) is 36.5 Å². The highest BCUT2D eigenvalue weighted by Crippen LogP contribution is 2.38. The molecule has 9 heteroatoms. The van der Waals surface area contributed by atoms with Gasteiger partial charge in [0.05, 0.1) is 39.9 Å². The van der Waals surface area contributed by atoms with Crippen LogP contribution in [0.2, 0.25) is 0 Å². The van der Waals surface area contributed by atoms with E-state index in [1.54, 1.807) is 6.08 Å². The van der Waals surface area contributed by atoms with Crippen molar-refractivity contribution >= 4 is 13.7 Å². The highest BCUT2D eigenvalue weighted by Gasteiger charge is 2.23. The van der Waals surface area contributed by atoms with E-state index in [1.165, 1.54) is 231 Å². The third-order valence-corrected chi connectivity index (χ3v) is 14.8. The number of rotatable bonds is 56. The maximum absolute atomic E-state index is 13.0. The minimum atomic E-state index is -4.60. The van der Waals surface area contributed by atoms with Gasteiger partial charge in [0.25, 0.3) is 7.82 Å². The van der Waals surface area contributed by atoms with Crippen molar-refractivity contribution in [1.29, 1.82) is 0 Å². The van der Waals surface area contributed by atoms with E-state index in [4.69, 9.17) is 9.05 Å². The van der Waals surface area contributed by atoms with Crippen molar-refractivity contribution in [1.82, 2.24) is 5.32 Å². The van der Waals surface area contributed by atoms with Crippen LogP contribution in [0.4, 0.5) is 0 Å². The van der Waals surface area contributed by atoms with Gasteiger partial charge in [0, 0.05) is 6.42 Å². The Kier molecular flexibility index (Phi) is 51.6. The van der Waals surface area contributed by atoms with Gasteiger partial charge in [-0.25, -0.2) is 0 Å². The molecule has 2 N–H and O–H groups in total. The number of phosphoric acid groups is 1. The highest BCUT2D eigenvalue weighted by atomic mass is 31.2. The third-order valence-electron chi connectivity index (χ3n) is 13.8. The normalized spacial score (nSPS) is 14.1. The molecule has 0 bridgehead atoms. The van der Waals surface area contributed by atoms with Crippen molar-refractivity contribution < 1.29 is 32.9 Å². The molecule has 0 radical (unpaired) electrons. The predicted molar refractivity (Wildman–Crippen MR) is 302 cm³/mol. The van der Waals surface area contributed by atoms with Crippen molar-refractivity contribution in [2.75, 3.05) is 40.9 Å². The van der Waals surface area contributed by atoms with Crippen LogP contribution in [0.15, 0.2) is 36.5 Å². The molecule has 3 atom stereocenters. The molecule has 8 nitrogen and oxygen atoms in total. The first-order valence-electron chi connectivity index (χ1n) is 30.4. The average molecular weight is 1010 g/mol. The van der Waals surface area contributed by atoms with Crippen LogP contribution in [-0.2, 0) is 18.4 Å². The van der Waals surface area contributed by atoms with E-state index < -0.39 is 20.0 Å². The Hall–Kier alpha value is -1.28. The standard InChI is InChI=1S/C61H119N2O6P/c1-6-8-10-12-14-16-18-20-22-24-26-28-29-30-31-32-33-35-37-39-41-43-45-47-49-51-53-55-61(65)62-59(58-69-70(66,67)68-57-56-63(3,4)5)60(64)54-52-50-48-46-44-42-40-38-36-34-27-25-23-21-19-17-15-13-11-9-7-2/h26,28,30-31,52,54,59-60,64H,6-25,27,29,32-51,53,55-58H2,1-5H3,(H-,62,65,66,67)/b28-26-,31-30-,54-52+. The van der Waals surface area contributed by atoms with Gasteiger partial charge in [-0.15, -0.1) is 0 Å². The molecule has 0 aromatic rings. The fourth-order valence-electron chi connectivity index (χ4n) is 9.07. The van der Waals surface area contributed by atoms with E-state index in [9.17, 15) is 19.4 Å². The number of phosphoric ester groups is 1. The van der Waals surface area contributed by atoms with E-state index >= 15 is 0 Å². The summed E-state index contributed by atoms with van der Waals surface area (Å²) in [4.78, 5) is 25.5. The van der Waals surface area contributed by atoms with Crippen LogP contribution in [0.25, 0.3) is 0 Å². The van der Waals surface area contributed by atoms with Gasteiger partial charge in [-0.05, 0) is 51.4 Å². The van der Waals surface area contributed by atoms with Crippen LogP contribution in [0.3, 0.4) is 0 Å². The van der Waals surface area contributed by atoms with Gasteiger partial charge < -0.3 is 28.8 Å². The summed E-state index contributed by atoms with van der Waals surface area (Å²) in [5.41, 5.74) is 0. The number of nitrogens with zero attached hydrogens (tertiary/aromatic N) is 1. The summed E-state index contributed by atoms with van der Waals surface area (Å²) in [6.45, 7) is 4.69. The lowest BCUT2D eigenvalue weighted by atomic mass is 10.0. The van der Waals surface area contributed by atoms with Gasteiger partial charge >= 0.3 is 0 Å². The molecular formula is C61H119N2O6P. The summed E-state index contributed by atoms with van der Waals surface area (Å²) >= 11 is 0. The molecule has 414 valence electrons. The van der Waals surface area contributed by atoms with Gasteiger partial charge in [0.1, 0.15) is 13.2 Å². The van der Waals surface area contributed by atoms with Crippen molar-refractivity contribution in [3.63, 3.8) is 0 Å². The molecule has 0 aliphatic rings. The Morgan fingerprint density at radius 2 is 0.829 bits per heavy atom. The van der Waals surface area contributed by atoms with Crippen LogP contribution >= 0.6 is 7.82 Å². The molecule has 70 heavy (non-hydrogen) atoms. The fraction of sp³-hybridized carbons (Fsp3) is 0.885. The largest absolute Gasteiger partial charge is 0.756 e. The number of amides is 1. The number of nitrogens with one attached hydrogen (secondary N) is 1. The Morgan fingerprint density at radius 1 is 0.500 bits per heavy atom. The molecule has 1 amide bonds. The zero-order valence-corrected chi connectivity index (χ0v) is 48.1. The number of likely N-dealkylation sites (N-methyl/N-ethyl adjacent to an activating group) is 1. The Labute approximate surface area is 436 Å². The first-order chi connectivity index (χ1) is 34.0. The van der Waals surface area contributed by atoms with Crippen LogP contribution < -0.4 is 10.2 Å². The lowest BCUT2D eigenvalue weighted by molar-refractivity contribution is -0.870. The zero-order valence-electron chi connectivity index (χ0n) is 47.2. The third kappa shape index (κ3) is 54.5. The quantitative estimate of drug-likeness (QED) is 0.0272. The molecule has 0 aromatic carbocycles. The fourth-order valence-corrected chi connectivity index (χ4v) is 9.79. The summed E-state index contributed by atoms with van der Waals surface area (Å²) in [6.07, 6.45) is 67.9. The lowest BCUT2D eigenvalue weighted by Crippen LogP contribution is -2.45. The molecule has 0 aliphatic heterocycles. The Bertz CT molecular complexity index is 1230. The molecule has 0 fully saturated rings. The number of carbonyl (C=O) groups is 1. The predicted octanol–water partition coefficient (Wildman–Crippen LogP) is 17.9. The second-order valence-electron chi connectivity index (χ2n) is 22.1. The number of hydrogen-bond acceptors (Lipinski definition) is 6. The number of quaternary nitrogens is 1. The number of carbonyl (C=O) groups excluding carboxylic acids is 1. The van der Waals surface area contributed by atoms with Gasteiger partial charge in [-0.2, -0.15) is 0 Å². The Morgan fingerprint density at radius 3 is 1.19 bits per heavy atom. The maximum Gasteiger partial charge on any atom is 0.268 e. The summed E-state index contributed by atoms with van der Waals surface area (Å²) in [7, 11) is 1.27. The van der Waals surface area contributed by atoms with E-state index in [0.717, 1.165) is 44.9 Å². The summed E-state index contributed by atoms with van der Waals surface area (Å²) < 4.78 is 23.4. The van der Waals surface area contributed by atoms with Gasteiger partial charge in [0.15, 0.2) is 0 Å². The second kappa shape index (κ2) is 52.6. The second-order valence-corrected chi connectivity index (χ2v) is 23.5. The number of allylic oxidation sites excluding steroid dienone is 5. The molecule has 0 spiro atoms. The van der Waals surface area contributed by atoms with Gasteiger partial charge in [-0.1, -0.05) is 275 Å². The van der Waals surface area contributed by atoms with Crippen molar-refractivity contribution in [2.45, 2.75) is 309 Å². The molecule has 0 aliphatic carbocycles. The van der Waals surface area contributed by atoms with Crippen LogP contribution in [0.5, 0.6) is 0 Å². The summed E-state index contributed by atoms with van der Waals surface area (Å²) in [5, 5.41) is 13.9. The van der Waals surface area contributed by atoms with Crippen LogP contribution in [0.1, 0.15) is 296 Å². The minimum absolute atomic E-state index is 0.000709. The van der Waals surface area contributed by atoms with Crippen molar-refractivity contribution in [2.24, 2.45) is 0 Å². The highest BCUT2D eigenvalue weighted by molar-refractivity contribution is 7.45. The van der Waals surface area contributed by atoms with Gasteiger partial charge in [0.2, 0.25) is 5.91 Å². The molecule has 0 rings (SSSR count). The number of aliphatic hydroxyl groups excluding tert-OH is 1. The number of unbranched alkanes of at least 4 members (excludes halogenated alkanes) is 39. The SMILES string of the molecule is CCCCCCCCCCC/C=C\C/C=C\CCCCCCCCCCCCCC(=O)NC(COP(=O)([O-])OCC[N+](C)(C)C)C(O)/C=C/CCCCCCCCCCCCCCCCCCCCC. The van der Waals surface area contributed by atoms with E-state index in [-0.39, 0.29) is 19.1 Å². The van der Waals surface area contributed by atoms with Crippen molar-refractivity contribution in [3.8, 4) is 0 Å². The molecule has 0 saturated heterocycles. The topological polar surface area (TPSA) is 108 Å². The number of aliphatic hydroxyl groups is 1. The minimum Gasteiger partial charge on any atom is -0.756 e. The van der Waals surface area contributed by atoms with E-state index in [0.29, 0.717) is 17.4 Å². The first kappa shape index (κ1) is 68.7. The molecular weight excluding hydrogens is 888 g/mol. The maximum atomic E-state index is 13.0. The van der Waals surface area contributed by atoms with E-state index in [1.807, 2.05) is 27.2 Å². The monoisotopic (exact) mass is 1010 g/mol. The van der Waals surface area contributed by atoms with E-state index in [2.05, 4.69) is 43.5 Å². The van der Waals surface area contributed by atoms with Gasteiger partial charge in [-0.3, -0.25) is 9.36 Å². The number of hydrogen-bond donors (Lipinski definition) is 2. The average Bonchev–Trinajstić information content (AvgIpc) is 3.32. The van der Waals surface area contributed by atoms with Crippen LogP contribution in [0, 0.1) is 0 Å².